The molecule has 5 saturated carbocycles. The summed E-state index contributed by atoms with van der Waals surface area (Å²) in [6, 6.07) is 0.336. The van der Waals surface area contributed by atoms with Gasteiger partial charge in [-0.15, -0.1) is 0 Å². The number of amides is 2. The van der Waals surface area contributed by atoms with Crippen LogP contribution in [-0.2, 0) is 9.59 Å². The molecular formula is C23H38N2O2. The monoisotopic (exact) mass is 374 g/mol. The molecular weight excluding hydrogens is 336 g/mol. The van der Waals surface area contributed by atoms with Gasteiger partial charge in [0.15, 0.2) is 0 Å². The highest BCUT2D eigenvalue weighted by molar-refractivity contribution is 5.83. The molecule has 4 nitrogen and oxygen atoms in total. The second-order valence-corrected chi connectivity index (χ2v) is 10.5. The highest BCUT2D eigenvalue weighted by Crippen LogP contribution is 2.60. The second-order valence-electron chi connectivity index (χ2n) is 10.5. The first-order chi connectivity index (χ1) is 12.9. The number of nitrogens with one attached hydrogen (secondary N) is 2. The van der Waals surface area contributed by atoms with Gasteiger partial charge in [-0.2, -0.15) is 0 Å². The van der Waals surface area contributed by atoms with Crippen molar-refractivity contribution in [2.24, 2.45) is 35.0 Å². The molecule has 0 aliphatic heterocycles. The minimum Gasteiger partial charge on any atom is -0.356 e. The third-order valence-electron chi connectivity index (χ3n) is 8.44. The minimum absolute atomic E-state index is 0.0648. The number of hydrogen-bond acceptors (Lipinski definition) is 2. The van der Waals surface area contributed by atoms with Crippen molar-refractivity contribution in [3.63, 3.8) is 0 Å². The summed E-state index contributed by atoms with van der Waals surface area (Å²) in [6.45, 7) is 5.20. The molecule has 5 fully saturated rings. The number of hydrogen-bond donors (Lipinski definition) is 2. The third kappa shape index (κ3) is 4.05. The van der Waals surface area contributed by atoms with Gasteiger partial charge in [0, 0.05) is 24.4 Å². The van der Waals surface area contributed by atoms with E-state index in [4.69, 9.17) is 0 Å². The van der Waals surface area contributed by atoms with Crippen LogP contribution in [0.15, 0.2) is 0 Å². The molecule has 4 bridgehead atoms. The molecule has 2 N–H and O–H groups in total. The van der Waals surface area contributed by atoms with Gasteiger partial charge in [-0.1, -0.05) is 26.7 Å². The van der Waals surface area contributed by atoms with Gasteiger partial charge in [-0.3, -0.25) is 9.59 Å². The summed E-state index contributed by atoms with van der Waals surface area (Å²) in [5, 5.41) is 6.44. The van der Waals surface area contributed by atoms with E-state index in [9.17, 15) is 9.59 Å². The Kier molecular flexibility index (Phi) is 5.53. The zero-order valence-corrected chi connectivity index (χ0v) is 17.3. The van der Waals surface area contributed by atoms with Crippen molar-refractivity contribution in [2.75, 3.05) is 6.54 Å². The molecule has 5 rings (SSSR count). The zero-order valence-electron chi connectivity index (χ0n) is 17.3. The largest absolute Gasteiger partial charge is 0.356 e. The van der Waals surface area contributed by atoms with Gasteiger partial charge in [0.1, 0.15) is 0 Å². The van der Waals surface area contributed by atoms with Crippen LogP contribution >= 0.6 is 0 Å². The van der Waals surface area contributed by atoms with Gasteiger partial charge < -0.3 is 10.6 Å². The van der Waals surface area contributed by atoms with E-state index in [1.807, 2.05) is 0 Å². The smallest absolute Gasteiger partial charge is 0.226 e. The Hall–Kier alpha value is -1.06. The van der Waals surface area contributed by atoms with E-state index in [0.717, 1.165) is 49.9 Å². The van der Waals surface area contributed by atoms with E-state index >= 15 is 0 Å². The Labute approximate surface area is 164 Å². The summed E-state index contributed by atoms with van der Waals surface area (Å²) in [5.41, 5.74) is -0.0648. The Morgan fingerprint density at radius 3 is 2.22 bits per heavy atom. The van der Waals surface area contributed by atoms with Gasteiger partial charge in [-0.25, -0.2) is 0 Å². The maximum atomic E-state index is 12.9. The van der Waals surface area contributed by atoms with E-state index in [-0.39, 0.29) is 17.2 Å². The Balaban J connectivity index is 1.18. The summed E-state index contributed by atoms with van der Waals surface area (Å²) < 4.78 is 0. The van der Waals surface area contributed by atoms with E-state index in [1.54, 1.807) is 0 Å². The lowest BCUT2D eigenvalue weighted by Crippen LogP contribution is -2.53. The Morgan fingerprint density at radius 2 is 1.59 bits per heavy atom. The predicted octanol–water partition coefficient (Wildman–Crippen LogP) is 4.04. The maximum absolute atomic E-state index is 12.9. The number of carbonyl (C=O) groups excluding carboxylic acids is 2. The Bertz CT molecular complexity index is 537. The SMILES string of the molecule is C[C@H]1[C@H](C)CCC[C@H]1NC(=O)CCCNC(=O)C12CC3CC(CC(C3)C1)C2. The summed E-state index contributed by atoms with van der Waals surface area (Å²) in [6.07, 6.45) is 12.3. The van der Waals surface area contributed by atoms with Crippen LogP contribution in [0.25, 0.3) is 0 Å². The predicted molar refractivity (Wildman–Crippen MR) is 107 cm³/mol. The van der Waals surface area contributed by atoms with E-state index in [1.165, 1.54) is 32.1 Å². The summed E-state index contributed by atoms with van der Waals surface area (Å²) >= 11 is 0. The van der Waals surface area contributed by atoms with Gasteiger partial charge in [-0.05, 0) is 81.0 Å². The molecule has 152 valence electrons. The lowest BCUT2D eigenvalue weighted by Gasteiger charge is -2.55. The average Bonchev–Trinajstić information content (AvgIpc) is 2.61. The van der Waals surface area contributed by atoms with Gasteiger partial charge in [0.05, 0.1) is 0 Å². The van der Waals surface area contributed by atoms with Crippen LogP contribution in [-0.4, -0.2) is 24.4 Å². The maximum Gasteiger partial charge on any atom is 0.226 e. The van der Waals surface area contributed by atoms with E-state index in [2.05, 4.69) is 24.5 Å². The Morgan fingerprint density at radius 1 is 0.963 bits per heavy atom. The van der Waals surface area contributed by atoms with Crippen molar-refractivity contribution in [3.8, 4) is 0 Å². The third-order valence-corrected chi connectivity index (χ3v) is 8.44. The molecule has 0 unspecified atom stereocenters. The first kappa shape index (κ1) is 19.3. The van der Waals surface area contributed by atoms with Gasteiger partial charge in [0.25, 0.3) is 0 Å². The van der Waals surface area contributed by atoms with Crippen molar-refractivity contribution in [1.29, 1.82) is 0 Å². The molecule has 0 spiro atoms. The molecule has 0 radical (unpaired) electrons. The van der Waals surface area contributed by atoms with Crippen LogP contribution < -0.4 is 10.6 Å². The van der Waals surface area contributed by atoms with Crippen LogP contribution in [0.4, 0.5) is 0 Å². The average molecular weight is 375 g/mol. The van der Waals surface area contributed by atoms with Crippen LogP contribution in [0.2, 0.25) is 0 Å². The van der Waals surface area contributed by atoms with Crippen molar-refractivity contribution in [3.05, 3.63) is 0 Å². The number of rotatable bonds is 6. The fraction of sp³-hybridized carbons (Fsp3) is 0.913. The second kappa shape index (κ2) is 7.75. The fourth-order valence-corrected chi connectivity index (χ4v) is 7.09. The lowest BCUT2D eigenvalue weighted by atomic mass is 9.49. The normalized spacial score (nSPS) is 42.7. The van der Waals surface area contributed by atoms with Gasteiger partial charge >= 0.3 is 0 Å². The molecule has 0 aromatic heterocycles. The highest BCUT2D eigenvalue weighted by Gasteiger charge is 2.54. The van der Waals surface area contributed by atoms with Crippen LogP contribution in [0.5, 0.6) is 0 Å². The summed E-state index contributed by atoms with van der Waals surface area (Å²) in [7, 11) is 0. The van der Waals surface area contributed by atoms with Gasteiger partial charge in [0.2, 0.25) is 11.8 Å². The molecule has 0 aromatic carbocycles. The molecule has 5 aliphatic rings. The first-order valence-corrected chi connectivity index (χ1v) is 11.5. The molecule has 5 aliphatic carbocycles. The fourth-order valence-electron chi connectivity index (χ4n) is 7.09. The summed E-state index contributed by atoms with van der Waals surface area (Å²) in [5.74, 6) is 4.11. The van der Waals surface area contributed by atoms with Crippen LogP contribution in [0.3, 0.4) is 0 Å². The quantitative estimate of drug-likeness (QED) is 0.689. The van der Waals surface area contributed by atoms with Crippen LogP contribution in [0.1, 0.15) is 84.5 Å². The minimum atomic E-state index is -0.0648. The van der Waals surface area contributed by atoms with Crippen molar-refractivity contribution in [1.82, 2.24) is 10.6 Å². The number of carbonyl (C=O) groups is 2. The standard InChI is InChI=1S/C23H38N2O2/c1-15-5-3-6-20(16(15)2)25-21(26)7-4-8-24-22(27)23-12-17-9-18(13-23)11-19(10-17)14-23/h15-20H,3-14H2,1-2H3,(H,24,27)(H,25,26)/t15-,16+,17?,18?,19?,20-,23?/m1/s1. The zero-order chi connectivity index (χ0) is 19.0. The molecule has 0 aromatic rings. The van der Waals surface area contributed by atoms with E-state index in [0.29, 0.717) is 30.8 Å². The van der Waals surface area contributed by atoms with E-state index < -0.39 is 0 Å². The molecule has 27 heavy (non-hydrogen) atoms. The lowest BCUT2D eigenvalue weighted by molar-refractivity contribution is -0.146. The molecule has 0 saturated heterocycles. The van der Waals surface area contributed by atoms with Crippen molar-refractivity contribution >= 4 is 11.8 Å². The summed E-state index contributed by atoms with van der Waals surface area (Å²) in [4.78, 5) is 25.2. The molecule has 2 amide bonds. The van der Waals surface area contributed by atoms with Crippen molar-refractivity contribution in [2.45, 2.75) is 90.5 Å². The molecule has 3 atom stereocenters. The molecule has 0 heterocycles. The topological polar surface area (TPSA) is 58.2 Å². The van der Waals surface area contributed by atoms with Crippen LogP contribution in [0, 0.1) is 35.0 Å². The van der Waals surface area contributed by atoms with Crippen molar-refractivity contribution < 1.29 is 9.59 Å². The molecule has 4 heteroatoms. The highest BCUT2D eigenvalue weighted by atomic mass is 16.2. The first-order valence-electron chi connectivity index (χ1n) is 11.5.